The SMILES string of the molecule is CC(C)=NOCCOc1c(Cl)cc(OCC=C(Br)Br)cc1C(C)C. The number of ether oxygens (including phenoxy) is 2. The average Bonchev–Trinajstić information content (AvgIpc) is 2.47. The molecule has 0 saturated carbocycles. The monoisotopic (exact) mass is 481 g/mol. The molecule has 0 aliphatic heterocycles. The Morgan fingerprint density at radius 2 is 1.92 bits per heavy atom. The van der Waals surface area contributed by atoms with Crippen molar-refractivity contribution in [1.82, 2.24) is 0 Å². The van der Waals surface area contributed by atoms with E-state index in [1.54, 1.807) is 6.07 Å². The molecule has 0 amide bonds. The molecule has 0 saturated heterocycles. The van der Waals surface area contributed by atoms with Gasteiger partial charge in [-0.2, -0.15) is 0 Å². The summed E-state index contributed by atoms with van der Waals surface area (Å²) >= 11 is 13.0. The lowest BCUT2D eigenvalue weighted by molar-refractivity contribution is 0.106. The molecule has 0 radical (unpaired) electrons. The molecule has 7 heteroatoms. The van der Waals surface area contributed by atoms with Gasteiger partial charge in [-0.25, -0.2) is 0 Å². The average molecular weight is 484 g/mol. The van der Waals surface area contributed by atoms with Crippen molar-refractivity contribution in [2.45, 2.75) is 33.6 Å². The summed E-state index contributed by atoms with van der Waals surface area (Å²) in [4.78, 5) is 5.14. The molecule has 0 spiro atoms. The van der Waals surface area contributed by atoms with Gasteiger partial charge in [-0.1, -0.05) is 30.6 Å². The second kappa shape index (κ2) is 11.0. The molecule has 4 nitrogen and oxygen atoms in total. The first-order chi connectivity index (χ1) is 11.3. The van der Waals surface area contributed by atoms with Crippen LogP contribution in [0.4, 0.5) is 0 Å². The first-order valence-electron chi connectivity index (χ1n) is 7.54. The van der Waals surface area contributed by atoms with E-state index in [1.165, 1.54) is 0 Å². The van der Waals surface area contributed by atoms with Crippen molar-refractivity contribution in [1.29, 1.82) is 0 Å². The fourth-order valence-corrected chi connectivity index (χ4v) is 2.35. The van der Waals surface area contributed by atoms with E-state index >= 15 is 0 Å². The highest BCUT2D eigenvalue weighted by molar-refractivity contribution is 9.28. The Morgan fingerprint density at radius 3 is 2.50 bits per heavy atom. The van der Waals surface area contributed by atoms with Gasteiger partial charge in [-0.3, -0.25) is 0 Å². The molecule has 0 heterocycles. The normalized spacial score (nSPS) is 10.3. The minimum Gasteiger partial charge on any atom is -0.489 e. The van der Waals surface area contributed by atoms with E-state index in [4.69, 9.17) is 25.9 Å². The van der Waals surface area contributed by atoms with Crippen molar-refractivity contribution >= 4 is 49.2 Å². The van der Waals surface area contributed by atoms with Crippen LogP contribution in [-0.2, 0) is 4.84 Å². The largest absolute Gasteiger partial charge is 0.489 e. The van der Waals surface area contributed by atoms with Crippen LogP contribution in [0.3, 0.4) is 0 Å². The van der Waals surface area contributed by atoms with E-state index in [-0.39, 0.29) is 5.92 Å². The summed E-state index contributed by atoms with van der Waals surface area (Å²) in [7, 11) is 0. The molecule has 0 aliphatic carbocycles. The van der Waals surface area contributed by atoms with Crippen LogP contribution in [0, 0.1) is 0 Å². The predicted molar refractivity (Wildman–Crippen MR) is 107 cm³/mol. The van der Waals surface area contributed by atoms with Crippen LogP contribution in [0.25, 0.3) is 0 Å². The van der Waals surface area contributed by atoms with Gasteiger partial charge in [0, 0.05) is 11.6 Å². The van der Waals surface area contributed by atoms with Gasteiger partial charge in [0.15, 0.2) is 6.61 Å². The minimum atomic E-state index is 0.247. The molecule has 0 aromatic heterocycles. The van der Waals surface area contributed by atoms with Gasteiger partial charge in [-0.15, -0.1) is 0 Å². The Labute approximate surface area is 165 Å². The van der Waals surface area contributed by atoms with Crippen molar-refractivity contribution in [3.05, 3.63) is 32.2 Å². The summed E-state index contributed by atoms with van der Waals surface area (Å²) in [6.07, 6.45) is 1.86. The minimum absolute atomic E-state index is 0.247. The van der Waals surface area contributed by atoms with Crippen LogP contribution < -0.4 is 9.47 Å². The van der Waals surface area contributed by atoms with Crippen LogP contribution in [0.2, 0.25) is 5.02 Å². The fourth-order valence-electron chi connectivity index (χ4n) is 1.81. The van der Waals surface area contributed by atoms with Crippen molar-refractivity contribution in [3.8, 4) is 11.5 Å². The van der Waals surface area contributed by atoms with E-state index in [0.717, 1.165) is 14.7 Å². The lowest BCUT2D eigenvalue weighted by Gasteiger charge is -2.17. The number of nitrogens with zero attached hydrogens (tertiary/aromatic N) is 1. The molecule has 1 aromatic carbocycles. The third-order valence-electron chi connectivity index (χ3n) is 2.82. The zero-order valence-corrected chi connectivity index (χ0v) is 18.2. The Morgan fingerprint density at radius 1 is 1.21 bits per heavy atom. The van der Waals surface area contributed by atoms with E-state index in [1.807, 2.05) is 26.0 Å². The number of halogens is 3. The maximum absolute atomic E-state index is 6.38. The van der Waals surface area contributed by atoms with Gasteiger partial charge in [0.2, 0.25) is 0 Å². The van der Waals surface area contributed by atoms with Gasteiger partial charge in [0.05, 0.1) is 14.1 Å². The lowest BCUT2D eigenvalue weighted by atomic mass is 10.0. The topological polar surface area (TPSA) is 40.0 Å². The first kappa shape index (κ1) is 21.3. The number of rotatable bonds is 9. The van der Waals surface area contributed by atoms with Crippen LogP contribution >= 0.6 is 43.5 Å². The van der Waals surface area contributed by atoms with Gasteiger partial charge in [0.25, 0.3) is 0 Å². The summed E-state index contributed by atoms with van der Waals surface area (Å²) in [6.45, 7) is 9.07. The quantitative estimate of drug-likeness (QED) is 0.236. The molecule has 24 heavy (non-hydrogen) atoms. The number of benzene rings is 1. The molecule has 134 valence electrons. The lowest BCUT2D eigenvalue weighted by Crippen LogP contribution is -2.08. The third kappa shape index (κ3) is 7.90. The molecule has 0 N–H and O–H groups in total. The Hall–Kier alpha value is -0.720. The maximum Gasteiger partial charge on any atom is 0.151 e. The zero-order chi connectivity index (χ0) is 18.1. The maximum atomic E-state index is 6.38. The third-order valence-corrected chi connectivity index (χ3v) is 3.75. The second-order valence-electron chi connectivity index (χ2n) is 5.50. The van der Waals surface area contributed by atoms with Crippen molar-refractivity contribution in [2.75, 3.05) is 19.8 Å². The molecule has 0 fully saturated rings. The van der Waals surface area contributed by atoms with Crippen molar-refractivity contribution in [3.63, 3.8) is 0 Å². The molecular formula is C17H22Br2ClNO3. The molecule has 0 unspecified atom stereocenters. The van der Waals surface area contributed by atoms with Gasteiger partial charge < -0.3 is 14.3 Å². The molecule has 1 aromatic rings. The van der Waals surface area contributed by atoms with Gasteiger partial charge >= 0.3 is 0 Å². The Balaban J connectivity index is 2.80. The van der Waals surface area contributed by atoms with E-state index < -0.39 is 0 Å². The van der Waals surface area contributed by atoms with Crippen LogP contribution in [0.15, 0.2) is 26.8 Å². The molecule has 0 bridgehead atoms. The van der Waals surface area contributed by atoms with E-state index in [9.17, 15) is 0 Å². The highest BCUT2D eigenvalue weighted by Gasteiger charge is 2.15. The first-order valence-corrected chi connectivity index (χ1v) is 9.51. The number of hydrogen-bond acceptors (Lipinski definition) is 4. The Kier molecular flexibility index (Phi) is 9.78. The van der Waals surface area contributed by atoms with Gasteiger partial charge in [0.1, 0.15) is 24.7 Å². The molecular weight excluding hydrogens is 461 g/mol. The summed E-state index contributed by atoms with van der Waals surface area (Å²) < 4.78 is 12.3. The van der Waals surface area contributed by atoms with E-state index in [0.29, 0.717) is 36.3 Å². The van der Waals surface area contributed by atoms with Crippen molar-refractivity contribution < 1.29 is 14.3 Å². The molecule has 0 aliphatic rings. The highest BCUT2D eigenvalue weighted by Crippen LogP contribution is 2.37. The van der Waals surface area contributed by atoms with E-state index in [2.05, 4.69) is 50.9 Å². The second-order valence-corrected chi connectivity index (χ2v) is 8.68. The van der Waals surface area contributed by atoms with Crippen LogP contribution in [0.5, 0.6) is 11.5 Å². The zero-order valence-electron chi connectivity index (χ0n) is 14.2. The van der Waals surface area contributed by atoms with Crippen LogP contribution in [-0.4, -0.2) is 25.5 Å². The number of oxime groups is 1. The summed E-state index contributed by atoms with van der Waals surface area (Å²) in [5.74, 6) is 1.62. The predicted octanol–water partition coefficient (Wildman–Crippen LogP) is 6.26. The van der Waals surface area contributed by atoms with Crippen molar-refractivity contribution in [2.24, 2.45) is 5.16 Å². The Bertz CT molecular complexity index is 596. The smallest absolute Gasteiger partial charge is 0.151 e. The van der Waals surface area contributed by atoms with Crippen LogP contribution in [0.1, 0.15) is 39.2 Å². The van der Waals surface area contributed by atoms with Gasteiger partial charge in [-0.05, 0) is 63.8 Å². The highest BCUT2D eigenvalue weighted by atomic mass is 79.9. The summed E-state index contributed by atoms with van der Waals surface area (Å²) in [5.41, 5.74) is 1.86. The fraction of sp³-hybridized carbons (Fsp3) is 0.471. The standard InChI is InChI=1S/C17H22Br2ClNO3/c1-11(2)14-9-13(22-6-5-16(18)19)10-15(20)17(14)23-7-8-24-21-12(3)4/h5,9-11H,6-8H2,1-4H3. The molecule has 0 atom stereocenters. The summed E-state index contributed by atoms with van der Waals surface area (Å²) in [6, 6.07) is 3.71. The number of hydrogen-bond donors (Lipinski definition) is 0. The molecule has 1 rings (SSSR count). The summed E-state index contributed by atoms with van der Waals surface area (Å²) in [5, 5.41) is 4.39.